The van der Waals surface area contributed by atoms with Gasteiger partial charge in [0.05, 0.1) is 0 Å². The van der Waals surface area contributed by atoms with Crippen molar-refractivity contribution in [2.75, 3.05) is 13.1 Å². The van der Waals surface area contributed by atoms with Gasteiger partial charge in [0.2, 0.25) is 0 Å². The van der Waals surface area contributed by atoms with Crippen LogP contribution in [-0.4, -0.2) is 29.1 Å². The molecule has 1 unspecified atom stereocenters. The van der Waals surface area contributed by atoms with Crippen molar-refractivity contribution >= 4 is 0 Å². The molecule has 1 fully saturated rings. The Morgan fingerprint density at radius 1 is 1.10 bits per heavy atom. The number of aryl methyl sites for hydroxylation is 3. The number of hydrogen-bond acceptors (Lipinski definition) is 2. The fourth-order valence-electron chi connectivity index (χ4n) is 3.51. The Balaban J connectivity index is 2.31. The maximum absolute atomic E-state index is 3.71. The summed E-state index contributed by atoms with van der Waals surface area (Å²) in [5.74, 6) is 0. The first-order valence-electron chi connectivity index (χ1n) is 8.24. The molecule has 1 aromatic carbocycles. The summed E-state index contributed by atoms with van der Waals surface area (Å²) >= 11 is 0. The van der Waals surface area contributed by atoms with Gasteiger partial charge in [0.25, 0.3) is 0 Å². The van der Waals surface area contributed by atoms with Crippen LogP contribution in [0.3, 0.4) is 0 Å². The first-order chi connectivity index (χ1) is 9.67. The second-order valence-electron chi connectivity index (χ2n) is 7.82. The lowest BCUT2D eigenvalue weighted by molar-refractivity contribution is 0.0172. The van der Waals surface area contributed by atoms with Crippen molar-refractivity contribution in [3.63, 3.8) is 0 Å². The Hall–Kier alpha value is -0.860. The van der Waals surface area contributed by atoms with Crippen LogP contribution in [0, 0.1) is 20.8 Å². The second kappa shape index (κ2) is 5.73. The molecule has 2 nitrogen and oxygen atoms in total. The monoisotopic (exact) mass is 288 g/mol. The summed E-state index contributed by atoms with van der Waals surface area (Å²) in [5.41, 5.74) is 6.19. The van der Waals surface area contributed by atoms with Crippen molar-refractivity contribution in [2.24, 2.45) is 0 Å². The first kappa shape index (κ1) is 16.5. The molecule has 1 aromatic rings. The van der Waals surface area contributed by atoms with E-state index >= 15 is 0 Å². The Kier molecular flexibility index (Phi) is 4.51. The fourth-order valence-corrected chi connectivity index (χ4v) is 3.51. The first-order valence-corrected chi connectivity index (χ1v) is 8.24. The number of nitrogens with zero attached hydrogens (tertiary/aromatic N) is 1. The minimum atomic E-state index is 0.196. The van der Waals surface area contributed by atoms with E-state index in [1.807, 2.05) is 0 Å². The third kappa shape index (κ3) is 3.49. The van der Waals surface area contributed by atoms with Gasteiger partial charge in [-0.25, -0.2) is 0 Å². The number of rotatable bonds is 3. The number of piperazine rings is 1. The SMILES string of the molecule is CCC1(C)CNC(C)(C)CN1Cc1c(C)cc(C)cc1C. The van der Waals surface area contributed by atoms with Gasteiger partial charge in [-0.2, -0.15) is 0 Å². The molecular formula is C19H32N2. The minimum absolute atomic E-state index is 0.196. The summed E-state index contributed by atoms with van der Waals surface area (Å²) in [4.78, 5) is 2.69. The maximum Gasteiger partial charge on any atom is 0.0307 e. The van der Waals surface area contributed by atoms with Crippen LogP contribution >= 0.6 is 0 Å². The molecule has 0 bridgehead atoms. The molecule has 0 aromatic heterocycles. The molecular weight excluding hydrogens is 256 g/mol. The second-order valence-corrected chi connectivity index (χ2v) is 7.82. The zero-order valence-electron chi connectivity index (χ0n) is 14.9. The molecule has 1 atom stereocenters. The van der Waals surface area contributed by atoms with Gasteiger partial charge in [0.15, 0.2) is 0 Å². The van der Waals surface area contributed by atoms with Crippen LogP contribution in [0.2, 0.25) is 0 Å². The molecule has 1 aliphatic rings. The van der Waals surface area contributed by atoms with Gasteiger partial charge in [0.1, 0.15) is 0 Å². The normalized spacial score (nSPS) is 26.0. The Bertz CT molecular complexity index is 495. The van der Waals surface area contributed by atoms with Crippen LogP contribution in [0.15, 0.2) is 12.1 Å². The lowest BCUT2D eigenvalue weighted by Gasteiger charge is -2.51. The highest BCUT2D eigenvalue weighted by Gasteiger charge is 2.39. The van der Waals surface area contributed by atoms with Crippen LogP contribution in [0.5, 0.6) is 0 Å². The van der Waals surface area contributed by atoms with Gasteiger partial charge in [-0.15, -0.1) is 0 Å². The molecule has 2 rings (SSSR count). The van der Waals surface area contributed by atoms with Crippen molar-refractivity contribution in [3.8, 4) is 0 Å². The van der Waals surface area contributed by atoms with Gasteiger partial charge in [-0.3, -0.25) is 4.90 Å². The average molecular weight is 288 g/mol. The van der Waals surface area contributed by atoms with Crippen molar-refractivity contribution < 1.29 is 0 Å². The summed E-state index contributed by atoms with van der Waals surface area (Å²) in [6.07, 6.45) is 1.18. The van der Waals surface area contributed by atoms with Crippen molar-refractivity contribution in [3.05, 3.63) is 34.4 Å². The zero-order valence-corrected chi connectivity index (χ0v) is 14.9. The molecule has 2 heteroatoms. The van der Waals surface area contributed by atoms with E-state index in [1.54, 1.807) is 0 Å². The average Bonchev–Trinajstić information content (AvgIpc) is 2.37. The molecule has 1 saturated heterocycles. The van der Waals surface area contributed by atoms with Gasteiger partial charge in [0, 0.05) is 30.7 Å². The Morgan fingerprint density at radius 3 is 2.19 bits per heavy atom. The van der Waals surface area contributed by atoms with Crippen LogP contribution in [0.4, 0.5) is 0 Å². The molecule has 1 aliphatic heterocycles. The lowest BCUT2D eigenvalue weighted by Crippen LogP contribution is -2.66. The molecule has 1 N–H and O–H groups in total. The number of benzene rings is 1. The van der Waals surface area contributed by atoms with E-state index in [9.17, 15) is 0 Å². The van der Waals surface area contributed by atoms with E-state index in [2.05, 4.69) is 70.8 Å². The molecule has 0 spiro atoms. The van der Waals surface area contributed by atoms with Gasteiger partial charge in [-0.1, -0.05) is 24.6 Å². The van der Waals surface area contributed by atoms with Crippen molar-refractivity contribution in [1.82, 2.24) is 10.2 Å². The van der Waals surface area contributed by atoms with E-state index in [1.165, 1.54) is 28.7 Å². The third-order valence-electron chi connectivity index (χ3n) is 5.25. The smallest absolute Gasteiger partial charge is 0.0307 e. The topological polar surface area (TPSA) is 15.3 Å². The summed E-state index contributed by atoms with van der Waals surface area (Å²) in [5, 5.41) is 3.71. The minimum Gasteiger partial charge on any atom is -0.309 e. The zero-order chi connectivity index (χ0) is 15.8. The molecule has 0 aliphatic carbocycles. The quantitative estimate of drug-likeness (QED) is 0.905. The van der Waals surface area contributed by atoms with E-state index in [0.717, 1.165) is 19.6 Å². The summed E-state index contributed by atoms with van der Waals surface area (Å²) in [6.45, 7) is 19.3. The highest BCUT2D eigenvalue weighted by molar-refractivity contribution is 5.37. The maximum atomic E-state index is 3.71. The fraction of sp³-hybridized carbons (Fsp3) is 0.684. The van der Waals surface area contributed by atoms with Crippen LogP contribution < -0.4 is 5.32 Å². The Labute approximate surface area is 130 Å². The third-order valence-corrected chi connectivity index (χ3v) is 5.25. The summed E-state index contributed by atoms with van der Waals surface area (Å²) < 4.78 is 0. The van der Waals surface area contributed by atoms with Crippen LogP contribution in [-0.2, 0) is 6.54 Å². The predicted molar refractivity (Wildman–Crippen MR) is 91.8 cm³/mol. The van der Waals surface area contributed by atoms with E-state index in [0.29, 0.717) is 0 Å². The number of nitrogens with one attached hydrogen (secondary N) is 1. The standard InChI is InChI=1S/C19H32N2/c1-8-19(7)12-20-18(5,6)13-21(19)11-17-15(3)9-14(2)10-16(17)4/h9-10,20H,8,11-13H2,1-7H3. The highest BCUT2D eigenvalue weighted by atomic mass is 15.3. The Morgan fingerprint density at radius 2 is 1.67 bits per heavy atom. The molecule has 0 radical (unpaired) electrons. The van der Waals surface area contributed by atoms with E-state index < -0.39 is 0 Å². The molecule has 0 saturated carbocycles. The summed E-state index contributed by atoms with van der Waals surface area (Å²) in [6, 6.07) is 4.64. The van der Waals surface area contributed by atoms with Gasteiger partial charge < -0.3 is 5.32 Å². The summed E-state index contributed by atoms with van der Waals surface area (Å²) in [7, 11) is 0. The van der Waals surface area contributed by atoms with Crippen LogP contribution in [0.25, 0.3) is 0 Å². The molecule has 1 heterocycles. The largest absolute Gasteiger partial charge is 0.309 e. The molecule has 118 valence electrons. The van der Waals surface area contributed by atoms with Crippen LogP contribution in [0.1, 0.15) is 56.4 Å². The van der Waals surface area contributed by atoms with Gasteiger partial charge >= 0.3 is 0 Å². The van der Waals surface area contributed by atoms with Crippen molar-refractivity contribution in [2.45, 2.75) is 72.5 Å². The lowest BCUT2D eigenvalue weighted by atomic mass is 9.86. The van der Waals surface area contributed by atoms with E-state index in [4.69, 9.17) is 0 Å². The molecule has 21 heavy (non-hydrogen) atoms. The van der Waals surface area contributed by atoms with E-state index in [-0.39, 0.29) is 11.1 Å². The van der Waals surface area contributed by atoms with Gasteiger partial charge in [-0.05, 0) is 64.7 Å². The van der Waals surface area contributed by atoms with Crippen molar-refractivity contribution in [1.29, 1.82) is 0 Å². The molecule has 0 amide bonds. The highest BCUT2D eigenvalue weighted by Crippen LogP contribution is 2.30. The number of hydrogen-bond donors (Lipinski definition) is 1. The predicted octanol–water partition coefficient (Wildman–Crippen LogP) is 3.96.